The maximum Gasteiger partial charge on any atom is 0.220 e. The zero-order valence-corrected chi connectivity index (χ0v) is 11.5. The molecule has 5 heteroatoms. The molecule has 0 radical (unpaired) electrons. The van der Waals surface area contributed by atoms with Gasteiger partial charge in [0.2, 0.25) is 5.91 Å². The summed E-state index contributed by atoms with van der Waals surface area (Å²) in [5, 5.41) is 10.4. The monoisotopic (exact) mass is 252 g/mol. The largest absolute Gasteiger partial charge is 0.352 e. The van der Waals surface area contributed by atoms with Gasteiger partial charge in [-0.05, 0) is 26.0 Å². The lowest BCUT2D eigenvalue weighted by Gasteiger charge is -2.14. The maximum atomic E-state index is 11.7. The van der Waals surface area contributed by atoms with Crippen molar-refractivity contribution in [2.24, 2.45) is 0 Å². The first kappa shape index (κ1) is 14.7. The molecule has 5 nitrogen and oxygen atoms in total. The zero-order chi connectivity index (χ0) is 13.4. The molecule has 1 unspecified atom stereocenters. The molecule has 1 rings (SSSR count). The number of hydrogen-bond donors (Lipinski definition) is 2. The molecule has 1 heterocycles. The molecule has 0 spiro atoms. The molecule has 18 heavy (non-hydrogen) atoms. The standard InChI is InChI=1S/C13H24N4O/c1-11(2)14-7-4-6-13(18)16-12(3)10-17-9-5-8-15-17/h5,8-9,11-12,14H,4,6-7,10H2,1-3H3,(H,16,18). The minimum Gasteiger partial charge on any atom is -0.352 e. The fourth-order valence-electron chi connectivity index (χ4n) is 1.72. The van der Waals surface area contributed by atoms with Gasteiger partial charge in [-0.1, -0.05) is 13.8 Å². The topological polar surface area (TPSA) is 59.0 Å². The van der Waals surface area contributed by atoms with Crippen molar-refractivity contribution < 1.29 is 4.79 Å². The predicted octanol–water partition coefficient (Wildman–Crippen LogP) is 1.17. The summed E-state index contributed by atoms with van der Waals surface area (Å²) in [7, 11) is 0. The van der Waals surface area contributed by atoms with E-state index in [1.807, 2.05) is 23.9 Å². The van der Waals surface area contributed by atoms with Crippen LogP contribution in [0.2, 0.25) is 0 Å². The van der Waals surface area contributed by atoms with Crippen LogP contribution in [0.4, 0.5) is 0 Å². The van der Waals surface area contributed by atoms with Crippen LogP contribution < -0.4 is 10.6 Å². The van der Waals surface area contributed by atoms with Gasteiger partial charge in [-0.25, -0.2) is 0 Å². The lowest BCUT2D eigenvalue weighted by molar-refractivity contribution is -0.121. The molecular weight excluding hydrogens is 228 g/mol. The molecule has 0 aromatic carbocycles. The van der Waals surface area contributed by atoms with Crippen LogP contribution in [0.3, 0.4) is 0 Å². The van der Waals surface area contributed by atoms with Crippen molar-refractivity contribution in [1.82, 2.24) is 20.4 Å². The molecule has 0 aliphatic carbocycles. The van der Waals surface area contributed by atoms with E-state index in [9.17, 15) is 4.79 Å². The third-order valence-corrected chi connectivity index (χ3v) is 2.56. The Morgan fingerprint density at radius 1 is 1.39 bits per heavy atom. The Bertz CT molecular complexity index is 335. The second kappa shape index (κ2) is 7.87. The van der Waals surface area contributed by atoms with Crippen molar-refractivity contribution in [3.8, 4) is 0 Å². The molecule has 102 valence electrons. The van der Waals surface area contributed by atoms with Crippen molar-refractivity contribution in [3.05, 3.63) is 18.5 Å². The lowest BCUT2D eigenvalue weighted by atomic mass is 10.2. The Kier molecular flexibility index (Phi) is 6.43. The summed E-state index contributed by atoms with van der Waals surface area (Å²) in [6.45, 7) is 7.80. The van der Waals surface area contributed by atoms with E-state index in [0.717, 1.165) is 13.0 Å². The summed E-state index contributed by atoms with van der Waals surface area (Å²) in [6.07, 6.45) is 5.09. The predicted molar refractivity (Wildman–Crippen MR) is 72.2 cm³/mol. The number of rotatable bonds is 8. The van der Waals surface area contributed by atoms with Crippen LogP contribution in [0.25, 0.3) is 0 Å². The van der Waals surface area contributed by atoms with E-state index in [1.165, 1.54) is 0 Å². The Labute approximate surface area is 109 Å². The van der Waals surface area contributed by atoms with Gasteiger partial charge in [-0.3, -0.25) is 9.48 Å². The van der Waals surface area contributed by atoms with Gasteiger partial charge >= 0.3 is 0 Å². The van der Waals surface area contributed by atoms with Crippen molar-refractivity contribution in [1.29, 1.82) is 0 Å². The normalized spacial score (nSPS) is 12.7. The van der Waals surface area contributed by atoms with E-state index < -0.39 is 0 Å². The molecule has 0 aliphatic heterocycles. The molecule has 0 saturated carbocycles. The van der Waals surface area contributed by atoms with Crippen molar-refractivity contribution in [3.63, 3.8) is 0 Å². The molecular formula is C13H24N4O. The van der Waals surface area contributed by atoms with E-state index >= 15 is 0 Å². The highest BCUT2D eigenvalue weighted by Gasteiger charge is 2.07. The minimum absolute atomic E-state index is 0.107. The summed E-state index contributed by atoms with van der Waals surface area (Å²) >= 11 is 0. The summed E-state index contributed by atoms with van der Waals surface area (Å²) in [6, 6.07) is 2.47. The zero-order valence-electron chi connectivity index (χ0n) is 11.5. The van der Waals surface area contributed by atoms with Crippen LogP contribution >= 0.6 is 0 Å². The summed E-state index contributed by atoms with van der Waals surface area (Å²) in [4.78, 5) is 11.7. The molecule has 2 N–H and O–H groups in total. The number of nitrogens with one attached hydrogen (secondary N) is 2. The average Bonchev–Trinajstić information content (AvgIpc) is 2.76. The van der Waals surface area contributed by atoms with E-state index in [0.29, 0.717) is 19.0 Å². The van der Waals surface area contributed by atoms with E-state index in [-0.39, 0.29) is 11.9 Å². The van der Waals surface area contributed by atoms with Gasteiger partial charge in [-0.2, -0.15) is 5.10 Å². The first-order valence-corrected chi connectivity index (χ1v) is 6.58. The number of nitrogens with zero attached hydrogens (tertiary/aromatic N) is 2. The first-order chi connectivity index (χ1) is 8.58. The highest BCUT2D eigenvalue weighted by atomic mass is 16.1. The smallest absolute Gasteiger partial charge is 0.220 e. The molecule has 0 aliphatic rings. The van der Waals surface area contributed by atoms with Gasteiger partial charge < -0.3 is 10.6 Å². The number of carbonyl (C=O) groups excluding carboxylic acids is 1. The van der Waals surface area contributed by atoms with Gasteiger partial charge in [0, 0.05) is 30.9 Å². The van der Waals surface area contributed by atoms with Gasteiger partial charge in [0.1, 0.15) is 0 Å². The van der Waals surface area contributed by atoms with Crippen LogP contribution in [-0.2, 0) is 11.3 Å². The van der Waals surface area contributed by atoms with E-state index in [4.69, 9.17) is 0 Å². The second-order valence-corrected chi connectivity index (χ2v) is 4.91. The third-order valence-electron chi connectivity index (χ3n) is 2.56. The fourth-order valence-corrected chi connectivity index (χ4v) is 1.72. The number of carbonyl (C=O) groups is 1. The summed E-state index contributed by atoms with van der Waals surface area (Å²) in [5.74, 6) is 0.111. The minimum atomic E-state index is 0.107. The molecule has 1 aromatic heterocycles. The van der Waals surface area contributed by atoms with Crippen molar-refractivity contribution in [2.75, 3.05) is 6.54 Å². The van der Waals surface area contributed by atoms with Crippen molar-refractivity contribution >= 4 is 5.91 Å². The molecule has 1 amide bonds. The molecule has 1 aromatic rings. The summed E-state index contributed by atoms with van der Waals surface area (Å²) in [5.41, 5.74) is 0. The van der Waals surface area contributed by atoms with Crippen LogP contribution in [0.15, 0.2) is 18.5 Å². The van der Waals surface area contributed by atoms with Gasteiger partial charge in [0.25, 0.3) is 0 Å². The molecule has 0 fully saturated rings. The SMILES string of the molecule is CC(C)NCCCC(=O)NC(C)Cn1cccn1. The number of amides is 1. The highest BCUT2D eigenvalue weighted by Crippen LogP contribution is 1.94. The van der Waals surface area contributed by atoms with Crippen LogP contribution in [0.1, 0.15) is 33.6 Å². The lowest BCUT2D eigenvalue weighted by Crippen LogP contribution is -2.36. The van der Waals surface area contributed by atoms with Crippen molar-refractivity contribution in [2.45, 2.75) is 52.2 Å². The molecule has 0 bridgehead atoms. The second-order valence-electron chi connectivity index (χ2n) is 4.91. The van der Waals surface area contributed by atoms with Gasteiger partial charge in [-0.15, -0.1) is 0 Å². The highest BCUT2D eigenvalue weighted by molar-refractivity contribution is 5.76. The van der Waals surface area contributed by atoms with Crippen LogP contribution in [0, 0.1) is 0 Å². The Hall–Kier alpha value is -1.36. The number of aromatic nitrogens is 2. The maximum absolute atomic E-state index is 11.7. The Balaban J connectivity index is 2.11. The molecule has 1 atom stereocenters. The van der Waals surface area contributed by atoms with E-state index in [2.05, 4.69) is 29.6 Å². The van der Waals surface area contributed by atoms with Crippen LogP contribution in [-0.4, -0.2) is 34.3 Å². The third kappa shape index (κ3) is 6.39. The Morgan fingerprint density at radius 3 is 2.78 bits per heavy atom. The van der Waals surface area contributed by atoms with Gasteiger partial charge in [0.05, 0.1) is 6.54 Å². The Morgan fingerprint density at radius 2 is 2.17 bits per heavy atom. The van der Waals surface area contributed by atoms with Gasteiger partial charge in [0.15, 0.2) is 0 Å². The molecule has 0 saturated heterocycles. The first-order valence-electron chi connectivity index (χ1n) is 6.58. The average molecular weight is 252 g/mol. The quantitative estimate of drug-likeness (QED) is 0.683. The fraction of sp³-hybridized carbons (Fsp3) is 0.692. The number of hydrogen-bond acceptors (Lipinski definition) is 3. The summed E-state index contributed by atoms with van der Waals surface area (Å²) < 4.78 is 1.82. The van der Waals surface area contributed by atoms with Crippen LogP contribution in [0.5, 0.6) is 0 Å². The van der Waals surface area contributed by atoms with E-state index in [1.54, 1.807) is 6.20 Å².